The van der Waals surface area contributed by atoms with Crippen molar-refractivity contribution in [1.82, 2.24) is 0 Å². The van der Waals surface area contributed by atoms with Crippen molar-refractivity contribution in [2.75, 3.05) is 12.3 Å². The van der Waals surface area contributed by atoms with Crippen LogP contribution in [-0.2, 0) is 10.4 Å². The fourth-order valence-electron chi connectivity index (χ4n) is 0.352. The number of nitrogens with two attached hydrogens (primary N) is 1. The summed E-state index contributed by atoms with van der Waals surface area (Å²) in [7, 11) is -5.17. The van der Waals surface area contributed by atoms with Crippen LogP contribution >= 0.6 is 11.8 Å². The topological polar surface area (TPSA) is 119 Å². The van der Waals surface area contributed by atoms with Crippen molar-refractivity contribution < 1.29 is 17.5 Å². The highest BCUT2D eigenvalue weighted by Crippen LogP contribution is 2.05. The Labute approximate surface area is 68.5 Å². The van der Waals surface area contributed by atoms with Crippen molar-refractivity contribution >= 4 is 27.3 Å². The van der Waals surface area contributed by atoms with E-state index in [-0.39, 0.29) is 0 Å². The molecule has 1 heterocycles. The third-order valence-corrected chi connectivity index (χ3v) is 1.42. The minimum atomic E-state index is -5.17. The zero-order valence-corrected chi connectivity index (χ0v) is 7.02. The summed E-state index contributed by atoms with van der Waals surface area (Å²) < 4.78 is 34.1. The molecule has 1 aliphatic heterocycles. The average Bonchev–Trinajstić information content (AvgIpc) is 2.12. The van der Waals surface area contributed by atoms with Gasteiger partial charge >= 0.3 is 0 Å². The van der Waals surface area contributed by atoms with Crippen LogP contribution < -0.4 is 5.73 Å². The summed E-state index contributed by atoms with van der Waals surface area (Å²) in [6, 6.07) is 0. The monoisotopic (exact) mass is 198 g/mol. The molecule has 8 heteroatoms. The van der Waals surface area contributed by atoms with E-state index in [0.717, 1.165) is 17.5 Å². The number of aliphatic imine (C=N–C) groups is 1. The van der Waals surface area contributed by atoms with Crippen molar-refractivity contribution in [3.8, 4) is 0 Å². The Morgan fingerprint density at radius 2 is 2.00 bits per heavy atom. The highest BCUT2D eigenvalue weighted by Gasteiger charge is 1.98. The van der Waals surface area contributed by atoms with Crippen molar-refractivity contribution in [3.63, 3.8) is 0 Å². The molecule has 0 amide bonds. The fraction of sp³-hybridized carbons (Fsp3) is 0.667. The lowest BCUT2D eigenvalue weighted by Gasteiger charge is -2.06. The van der Waals surface area contributed by atoms with Gasteiger partial charge in [-0.25, -0.2) is 0 Å². The third kappa shape index (κ3) is 12.8. The van der Waals surface area contributed by atoms with E-state index >= 15 is 0 Å². The molecule has 11 heavy (non-hydrogen) atoms. The maximum absolute atomic E-state index is 8.52. The van der Waals surface area contributed by atoms with Gasteiger partial charge in [-0.05, 0) is 0 Å². The molecule has 66 valence electrons. The number of thioether (sulfide) groups is 1. The van der Waals surface area contributed by atoms with Gasteiger partial charge < -0.3 is 14.8 Å². The van der Waals surface area contributed by atoms with E-state index in [4.69, 9.17) is 23.3 Å². The molecule has 1 rings (SSSR count). The van der Waals surface area contributed by atoms with Gasteiger partial charge in [0.1, 0.15) is 0 Å². The molecule has 0 aromatic rings. The van der Waals surface area contributed by atoms with Crippen LogP contribution in [0, 0.1) is 0 Å². The van der Waals surface area contributed by atoms with Crippen molar-refractivity contribution in [2.45, 2.75) is 0 Å². The predicted octanol–water partition coefficient (Wildman–Crippen LogP) is -1.29. The molecular formula is C3H6N2O4S2-2. The normalized spacial score (nSPS) is 16.7. The maximum Gasteiger partial charge on any atom is 0.153 e. The van der Waals surface area contributed by atoms with Gasteiger partial charge in [-0.3, -0.25) is 13.4 Å². The summed E-state index contributed by atoms with van der Waals surface area (Å²) in [5.41, 5.74) is 5.25. The van der Waals surface area contributed by atoms with E-state index in [1.807, 2.05) is 0 Å². The van der Waals surface area contributed by atoms with Crippen molar-refractivity contribution in [3.05, 3.63) is 0 Å². The Bertz CT molecular complexity index is 226. The quantitative estimate of drug-likeness (QED) is 0.382. The molecule has 0 saturated carbocycles. The lowest BCUT2D eigenvalue weighted by Crippen LogP contribution is -2.00. The highest BCUT2D eigenvalue weighted by atomic mass is 32.3. The molecule has 0 aromatic heterocycles. The second-order valence-corrected chi connectivity index (χ2v) is 3.41. The first-order valence-corrected chi connectivity index (χ1v) is 4.81. The minimum Gasteiger partial charge on any atom is -0.759 e. The molecule has 0 unspecified atom stereocenters. The number of hydrogen-bond donors (Lipinski definition) is 1. The molecule has 0 aromatic carbocycles. The second kappa shape index (κ2) is 4.54. The van der Waals surface area contributed by atoms with Gasteiger partial charge in [0.2, 0.25) is 0 Å². The second-order valence-electron chi connectivity index (χ2n) is 1.48. The highest BCUT2D eigenvalue weighted by molar-refractivity contribution is 8.14. The predicted molar refractivity (Wildman–Crippen MR) is 39.4 cm³/mol. The van der Waals surface area contributed by atoms with E-state index in [1.165, 1.54) is 0 Å². The van der Waals surface area contributed by atoms with Crippen molar-refractivity contribution in [1.29, 1.82) is 0 Å². The van der Waals surface area contributed by atoms with Gasteiger partial charge in [-0.15, -0.1) is 0 Å². The molecule has 0 radical (unpaired) electrons. The summed E-state index contributed by atoms with van der Waals surface area (Å²) in [5.74, 6) is 1.08. The van der Waals surface area contributed by atoms with E-state index in [2.05, 4.69) is 4.99 Å². The standard InChI is InChI=1S/C3H6N2S.H2O4S/c4-3-5-1-2-6-3;1-5(2,3)4/h1-2H2,(H2,4,5);(H2,1,2,3,4)/p-2. The average molecular weight is 198 g/mol. The molecule has 0 atom stereocenters. The molecular weight excluding hydrogens is 192 g/mol. The summed E-state index contributed by atoms with van der Waals surface area (Å²) in [6.45, 7) is 0.913. The van der Waals surface area contributed by atoms with E-state index < -0.39 is 10.4 Å². The molecule has 0 spiro atoms. The molecule has 0 saturated heterocycles. The van der Waals surface area contributed by atoms with Crippen molar-refractivity contribution in [2.24, 2.45) is 10.7 Å². The number of nitrogens with zero attached hydrogens (tertiary/aromatic N) is 1. The van der Waals surface area contributed by atoms with Crippen LogP contribution in [0.5, 0.6) is 0 Å². The van der Waals surface area contributed by atoms with E-state index in [9.17, 15) is 0 Å². The van der Waals surface area contributed by atoms with Crippen LogP contribution in [0.4, 0.5) is 0 Å². The van der Waals surface area contributed by atoms with Gasteiger partial charge in [0.15, 0.2) is 5.17 Å². The minimum absolute atomic E-state index is 0.745. The summed E-state index contributed by atoms with van der Waals surface area (Å²) >= 11 is 1.62. The number of hydrogen-bond acceptors (Lipinski definition) is 7. The maximum atomic E-state index is 8.52. The SMILES string of the molecule is NC1=NCCS1.O=S(=O)([O-])[O-]. The third-order valence-electron chi connectivity index (χ3n) is 0.609. The van der Waals surface area contributed by atoms with Gasteiger partial charge in [0.05, 0.1) is 6.54 Å². The fourth-order valence-corrected chi connectivity index (χ4v) is 0.926. The largest absolute Gasteiger partial charge is 0.759 e. The Hall–Kier alpha value is -0.310. The molecule has 2 N–H and O–H groups in total. The summed E-state index contributed by atoms with van der Waals surface area (Å²) in [6.07, 6.45) is 0. The zero-order valence-electron chi connectivity index (χ0n) is 5.39. The molecule has 0 fully saturated rings. The molecule has 0 aliphatic carbocycles. The Balaban J connectivity index is 0.000000187. The van der Waals surface area contributed by atoms with Crippen LogP contribution in [0.15, 0.2) is 4.99 Å². The van der Waals surface area contributed by atoms with E-state index in [0.29, 0.717) is 0 Å². The first kappa shape index (κ1) is 10.7. The van der Waals surface area contributed by atoms with Crippen LogP contribution in [-0.4, -0.2) is 35.0 Å². The smallest absolute Gasteiger partial charge is 0.153 e. The van der Waals surface area contributed by atoms with Crippen LogP contribution in [0.1, 0.15) is 0 Å². The van der Waals surface area contributed by atoms with Gasteiger partial charge in [0, 0.05) is 16.2 Å². The molecule has 0 bridgehead atoms. The number of rotatable bonds is 0. The first-order valence-electron chi connectivity index (χ1n) is 2.49. The lowest BCUT2D eigenvalue weighted by molar-refractivity contribution is 0.352. The van der Waals surface area contributed by atoms with Crippen LogP contribution in [0.25, 0.3) is 0 Å². The zero-order chi connectivity index (χ0) is 8.91. The van der Waals surface area contributed by atoms with Gasteiger partial charge in [-0.1, -0.05) is 11.8 Å². The van der Waals surface area contributed by atoms with Crippen LogP contribution in [0.3, 0.4) is 0 Å². The first-order chi connectivity index (χ1) is 4.89. The van der Waals surface area contributed by atoms with Gasteiger partial charge in [0.25, 0.3) is 0 Å². The Kier molecular flexibility index (Phi) is 4.42. The molecule has 1 aliphatic rings. The Morgan fingerprint density at radius 3 is 2.09 bits per heavy atom. The van der Waals surface area contributed by atoms with E-state index in [1.54, 1.807) is 11.8 Å². The van der Waals surface area contributed by atoms with Crippen LogP contribution in [0.2, 0.25) is 0 Å². The number of amidine groups is 1. The molecule has 6 nitrogen and oxygen atoms in total. The summed E-state index contributed by atoms with van der Waals surface area (Å²) in [5, 5.41) is 0.745. The lowest BCUT2D eigenvalue weighted by atomic mass is 10.8. The summed E-state index contributed by atoms with van der Waals surface area (Å²) in [4.78, 5) is 3.89. The Morgan fingerprint density at radius 1 is 1.55 bits per heavy atom. The van der Waals surface area contributed by atoms with Gasteiger partial charge in [-0.2, -0.15) is 0 Å².